The van der Waals surface area contributed by atoms with Crippen molar-refractivity contribution in [1.29, 1.82) is 0 Å². The molecule has 1 amide bonds. The first-order valence-corrected chi connectivity index (χ1v) is 7.53. The predicted molar refractivity (Wildman–Crippen MR) is 81.5 cm³/mol. The summed E-state index contributed by atoms with van der Waals surface area (Å²) in [6.07, 6.45) is 9.85. The Labute approximate surface area is 123 Å². The van der Waals surface area contributed by atoms with Gasteiger partial charge in [-0.2, -0.15) is 0 Å². The first-order chi connectivity index (χ1) is 9.34. The number of alkyl carbamates (subject to hydrolysis) is 1. The molecule has 0 aromatic heterocycles. The molecule has 0 heterocycles. The number of hydrogen-bond donors (Lipinski definition) is 2. The summed E-state index contributed by atoms with van der Waals surface area (Å²) in [5.41, 5.74) is -0.444. The van der Waals surface area contributed by atoms with E-state index in [1.807, 2.05) is 20.8 Å². The summed E-state index contributed by atoms with van der Waals surface area (Å²) in [5, 5.41) is 6.53. The van der Waals surface area contributed by atoms with Crippen molar-refractivity contribution < 1.29 is 9.53 Å². The predicted octanol–water partition coefficient (Wildman–Crippen LogP) is 2.82. The third-order valence-electron chi connectivity index (χ3n) is 3.48. The highest BCUT2D eigenvalue weighted by molar-refractivity contribution is 5.68. The first-order valence-electron chi connectivity index (χ1n) is 7.53. The monoisotopic (exact) mass is 280 g/mol. The third kappa shape index (κ3) is 6.29. The zero-order valence-corrected chi connectivity index (χ0v) is 13.2. The highest BCUT2D eigenvalue weighted by Crippen LogP contribution is 2.21. The largest absolute Gasteiger partial charge is 0.444 e. The van der Waals surface area contributed by atoms with Gasteiger partial charge in [-0.05, 0) is 46.5 Å². The van der Waals surface area contributed by atoms with Crippen molar-refractivity contribution in [3.05, 3.63) is 0 Å². The molecule has 4 heteroatoms. The van der Waals surface area contributed by atoms with Gasteiger partial charge < -0.3 is 15.4 Å². The molecule has 114 valence electrons. The lowest BCUT2D eigenvalue weighted by Crippen LogP contribution is -2.40. The molecular weight excluding hydrogens is 252 g/mol. The van der Waals surface area contributed by atoms with E-state index < -0.39 is 5.60 Å². The minimum absolute atomic E-state index is 0.200. The number of hydrogen-bond acceptors (Lipinski definition) is 3. The van der Waals surface area contributed by atoms with E-state index in [1.54, 1.807) is 0 Å². The summed E-state index contributed by atoms with van der Waals surface area (Å²) in [7, 11) is 0. The molecule has 1 rings (SSSR count). The van der Waals surface area contributed by atoms with Crippen LogP contribution in [0.4, 0.5) is 4.79 Å². The summed E-state index contributed by atoms with van der Waals surface area (Å²) in [6.45, 7) is 7.76. The van der Waals surface area contributed by atoms with Crippen LogP contribution in [0, 0.1) is 12.3 Å². The van der Waals surface area contributed by atoms with Gasteiger partial charge in [0.25, 0.3) is 0 Å². The first kappa shape index (κ1) is 16.8. The zero-order chi connectivity index (χ0) is 15.2. The van der Waals surface area contributed by atoms with Gasteiger partial charge in [0.15, 0.2) is 0 Å². The lowest BCUT2D eigenvalue weighted by molar-refractivity contribution is 0.0505. The van der Waals surface area contributed by atoms with E-state index in [-0.39, 0.29) is 12.1 Å². The molecule has 0 spiro atoms. The molecule has 20 heavy (non-hydrogen) atoms. The van der Waals surface area contributed by atoms with Gasteiger partial charge in [0.1, 0.15) is 5.60 Å². The van der Waals surface area contributed by atoms with Crippen molar-refractivity contribution in [3.63, 3.8) is 0 Å². The Kier molecular flexibility index (Phi) is 6.35. The second-order valence-corrected chi connectivity index (χ2v) is 6.53. The Morgan fingerprint density at radius 2 is 2.05 bits per heavy atom. The molecule has 0 aromatic rings. The van der Waals surface area contributed by atoms with E-state index in [0.717, 1.165) is 32.1 Å². The molecule has 1 aliphatic carbocycles. The van der Waals surface area contributed by atoms with Crippen molar-refractivity contribution in [1.82, 2.24) is 10.6 Å². The Morgan fingerprint density at radius 1 is 1.40 bits per heavy atom. The molecular formula is C16H28N2O2. The van der Waals surface area contributed by atoms with Crippen molar-refractivity contribution in [3.8, 4) is 12.3 Å². The van der Waals surface area contributed by atoms with E-state index in [0.29, 0.717) is 12.1 Å². The van der Waals surface area contributed by atoms with Crippen LogP contribution in [0.3, 0.4) is 0 Å². The van der Waals surface area contributed by atoms with Gasteiger partial charge >= 0.3 is 6.09 Å². The SMILES string of the molecule is C#CCC(CC)NC1CCC(NC(=O)OC(C)(C)C)C1. The van der Waals surface area contributed by atoms with Crippen LogP contribution >= 0.6 is 0 Å². The molecule has 0 radical (unpaired) electrons. The van der Waals surface area contributed by atoms with Gasteiger partial charge in [0, 0.05) is 24.5 Å². The lowest BCUT2D eigenvalue weighted by Gasteiger charge is -2.22. The fraction of sp³-hybridized carbons (Fsp3) is 0.812. The lowest BCUT2D eigenvalue weighted by atomic mass is 10.1. The summed E-state index contributed by atoms with van der Waals surface area (Å²) >= 11 is 0. The highest BCUT2D eigenvalue weighted by Gasteiger charge is 2.28. The fourth-order valence-electron chi connectivity index (χ4n) is 2.53. The van der Waals surface area contributed by atoms with Crippen LogP contribution in [0.1, 0.15) is 59.8 Å². The molecule has 0 aromatic carbocycles. The Hall–Kier alpha value is -1.21. The number of carbonyl (C=O) groups is 1. The van der Waals surface area contributed by atoms with E-state index in [1.165, 1.54) is 0 Å². The van der Waals surface area contributed by atoms with Crippen LogP contribution in [-0.4, -0.2) is 29.8 Å². The molecule has 0 bridgehead atoms. The minimum Gasteiger partial charge on any atom is -0.444 e. The van der Waals surface area contributed by atoms with Gasteiger partial charge in [0.05, 0.1) is 0 Å². The third-order valence-corrected chi connectivity index (χ3v) is 3.48. The molecule has 3 unspecified atom stereocenters. The molecule has 1 saturated carbocycles. The smallest absolute Gasteiger partial charge is 0.407 e. The molecule has 2 N–H and O–H groups in total. The zero-order valence-electron chi connectivity index (χ0n) is 13.2. The van der Waals surface area contributed by atoms with Gasteiger partial charge in [-0.1, -0.05) is 6.92 Å². The maximum absolute atomic E-state index is 11.7. The summed E-state index contributed by atoms with van der Waals surface area (Å²) < 4.78 is 5.28. The maximum Gasteiger partial charge on any atom is 0.407 e. The van der Waals surface area contributed by atoms with Crippen LogP contribution in [0.2, 0.25) is 0 Å². The van der Waals surface area contributed by atoms with Crippen molar-refractivity contribution >= 4 is 6.09 Å². The Morgan fingerprint density at radius 3 is 2.60 bits per heavy atom. The van der Waals surface area contributed by atoms with E-state index in [2.05, 4.69) is 23.5 Å². The standard InChI is InChI=1S/C16H28N2O2/c1-6-8-12(7-2)17-13-9-10-14(11-13)18-15(19)20-16(3,4)5/h1,12-14,17H,7-11H2,2-5H3,(H,18,19). The van der Waals surface area contributed by atoms with E-state index >= 15 is 0 Å². The fourth-order valence-corrected chi connectivity index (χ4v) is 2.53. The number of nitrogens with one attached hydrogen (secondary N) is 2. The molecule has 1 aliphatic rings. The summed E-state index contributed by atoms with van der Waals surface area (Å²) in [6, 6.07) is 1.02. The van der Waals surface area contributed by atoms with Crippen molar-refractivity contribution in [2.24, 2.45) is 0 Å². The Bertz CT molecular complexity index is 354. The highest BCUT2D eigenvalue weighted by atomic mass is 16.6. The topological polar surface area (TPSA) is 50.4 Å². The van der Waals surface area contributed by atoms with Crippen LogP contribution < -0.4 is 10.6 Å². The Balaban J connectivity index is 2.33. The average molecular weight is 280 g/mol. The normalized spacial score (nSPS) is 23.9. The van der Waals surface area contributed by atoms with Gasteiger partial charge in [-0.15, -0.1) is 12.3 Å². The van der Waals surface area contributed by atoms with E-state index in [4.69, 9.17) is 11.2 Å². The number of carbonyl (C=O) groups excluding carboxylic acids is 1. The van der Waals surface area contributed by atoms with Crippen LogP contribution in [-0.2, 0) is 4.74 Å². The van der Waals surface area contributed by atoms with Crippen LogP contribution in [0.5, 0.6) is 0 Å². The molecule has 0 aliphatic heterocycles. The summed E-state index contributed by atoms with van der Waals surface area (Å²) in [4.78, 5) is 11.7. The van der Waals surface area contributed by atoms with Crippen LogP contribution in [0.15, 0.2) is 0 Å². The number of amides is 1. The number of terminal acetylenes is 1. The maximum atomic E-state index is 11.7. The molecule has 4 nitrogen and oxygen atoms in total. The van der Waals surface area contributed by atoms with Crippen molar-refractivity contribution in [2.75, 3.05) is 0 Å². The number of rotatable bonds is 5. The molecule has 0 saturated heterocycles. The van der Waals surface area contributed by atoms with E-state index in [9.17, 15) is 4.79 Å². The number of ether oxygens (including phenoxy) is 1. The minimum atomic E-state index is -0.444. The van der Waals surface area contributed by atoms with Gasteiger partial charge in [-0.25, -0.2) is 4.79 Å². The summed E-state index contributed by atoms with van der Waals surface area (Å²) in [5.74, 6) is 2.71. The quantitative estimate of drug-likeness (QED) is 0.761. The average Bonchev–Trinajstić information content (AvgIpc) is 2.73. The van der Waals surface area contributed by atoms with Gasteiger partial charge in [0.2, 0.25) is 0 Å². The second-order valence-electron chi connectivity index (χ2n) is 6.53. The molecule has 3 atom stereocenters. The molecule has 1 fully saturated rings. The van der Waals surface area contributed by atoms with Gasteiger partial charge in [-0.3, -0.25) is 0 Å². The van der Waals surface area contributed by atoms with Crippen molar-refractivity contribution in [2.45, 2.75) is 83.5 Å². The van der Waals surface area contributed by atoms with Crippen LogP contribution in [0.25, 0.3) is 0 Å². The second kappa shape index (κ2) is 7.54.